The number of fused-ring (bicyclic) bond motifs is 1. The zero-order valence-corrected chi connectivity index (χ0v) is 10.8. The number of rotatable bonds is 3. The van der Waals surface area contributed by atoms with Crippen LogP contribution in [0.4, 0.5) is 4.39 Å². The second-order valence-corrected chi connectivity index (χ2v) is 4.68. The van der Waals surface area contributed by atoms with Crippen LogP contribution < -0.4 is 5.32 Å². The van der Waals surface area contributed by atoms with E-state index in [4.69, 9.17) is 0 Å². The zero-order valence-electron chi connectivity index (χ0n) is 10.8. The number of aromatic nitrogens is 4. The maximum Gasteiger partial charge on any atom is 0.167 e. The summed E-state index contributed by atoms with van der Waals surface area (Å²) in [5, 5.41) is 11.8. The van der Waals surface area contributed by atoms with Gasteiger partial charge in [-0.1, -0.05) is 13.3 Å². The smallest absolute Gasteiger partial charge is 0.167 e. The largest absolute Gasteiger partial charge is 0.308 e. The van der Waals surface area contributed by atoms with Crippen LogP contribution in [0.25, 0.3) is 11.4 Å². The lowest BCUT2D eigenvalue weighted by molar-refractivity contribution is 0.394. The van der Waals surface area contributed by atoms with Crippen molar-refractivity contribution in [3.8, 4) is 11.4 Å². The van der Waals surface area contributed by atoms with Crippen molar-refractivity contribution >= 4 is 0 Å². The molecular weight excluding hydrogens is 245 g/mol. The summed E-state index contributed by atoms with van der Waals surface area (Å²) in [6.07, 6.45) is 4.87. The first-order valence-corrected chi connectivity index (χ1v) is 6.57. The van der Waals surface area contributed by atoms with Crippen LogP contribution in [0, 0.1) is 5.82 Å². The Morgan fingerprint density at radius 1 is 1.47 bits per heavy atom. The highest BCUT2D eigenvalue weighted by Crippen LogP contribution is 2.26. The van der Waals surface area contributed by atoms with E-state index >= 15 is 0 Å². The lowest BCUT2D eigenvalue weighted by Crippen LogP contribution is -2.33. The number of nitrogens with zero attached hydrogens (tertiary/aromatic N) is 4. The van der Waals surface area contributed by atoms with Crippen LogP contribution in [0.15, 0.2) is 18.5 Å². The second-order valence-electron chi connectivity index (χ2n) is 4.68. The zero-order chi connectivity index (χ0) is 13.2. The van der Waals surface area contributed by atoms with Gasteiger partial charge in [0.1, 0.15) is 0 Å². The number of pyridine rings is 1. The Morgan fingerprint density at radius 2 is 2.37 bits per heavy atom. The third kappa shape index (κ3) is 2.12. The van der Waals surface area contributed by atoms with Crippen molar-refractivity contribution in [1.29, 1.82) is 0 Å². The van der Waals surface area contributed by atoms with Crippen molar-refractivity contribution in [2.24, 2.45) is 0 Å². The second kappa shape index (κ2) is 5.05. The fourth-order valence-electron chi connectivity index (χ4n) is 2.51. The molecule has 1 unspecified atom stereocenters. The molecule has 0 amide bonds. The monoisotopic (exact) mass is 261 g/mol. The van der Waals surface area contributed by atoms with Gasteiger partial charge < -0.3 is 9.88 Å². The van der Waals surface area contributed by atoms with E-state index in [0.717, 1.165) is 31.8 Å². The normalized spacial score (nSPS) is 18.3. The van der Waals surface area contributed by atoms with Crippen molar-refractivity contribution in [1.82, 2.24) is 25.1 Å². The van der Waals surface area contributed by atoms with Crippen molar-refractivity contribution in [3.05, 3.63) is 30.1 Å². The van der Waals surface area contributed by atoms with Gasteiger partial charge in [-0.25, -0.2) is 4.39 Å². The molecule has 3 rings (SSSR count). The Kier molecular flexibility index (Phi) is 3.25. The number of hydrogen-bond donors (Lipinski definition) is 1. The molecule has 0 aromatic carbocycles. The highest BCUT2D eigenvalue weighted by molar-refractivity contribution is 5.55. The van der Waals surface area contributed by atoms with Crippen molar-refractivity contribution < 1.29 is 4.39 Å². The van der Waals surface area contributed by atoms with Gasteiger partial charge in [0.05, 0.1) is 17.8 Å². The van der Waals surface area contributed by atoms with Gasteiger partial charge in [0.25, 0.3) is 0 Å². The SMILES string of the molecule is CCCC1NCCn2c(-c3ccncc3F)nnc21. The minimum atomic E-state index is -0.358. The Balaban J connectivity index is 2.04. The Hall–Kier alpha value is -1.82. The Bertz CT molecular complexity index is 580. The molecule has 0 fully saturated rings. The molecule has 0 saturated carbocycles. The van der Waals surface area contributed by atoms with Gasteiger partial charge >= 0.3 is 0 Å². The molecule has 1 N–H and O–H groups in total. The first-order valence-electron chi connectivity index (χ1n) is 6.57. The topological polar surface area (TPSA) is 55.6 Å². The van der Waals surface area contributed by atoms with E-state index < -0.39 is 0 Å². The minimum Gasteiger partial charge on any atom is -0.308 e. The quantitative estimate of drug-likeness (QED) is 0.917. The molecule has 0 aliphatic carbocycles. The number of halogens is 1. The van der Waals surface area contributed by atoms with E-state index in [1.54, 1.807) is 12.3 Å². The summed E-state index contributed by atoms with van der Waals surface area (Å²) in [7, 11) is 0. The molecule has 1 aliphatic heterocycles. The molecule has 1 aliphatic rings. The number of nitrogens with one attached hydrogen (secondary N) is 1. The summed E-state index contributed by atoms with van der Waals surface area (Å²) in [6, 6.07) is 1.86. The molecule has 5 nitrogen and oxygen atoms in total. The van der Waals surface area contributed by atoms with Gasteiger partial charge in [0.15, 0.2) is 17.5 Å². The lowest BCUT2D eigenvalue weighted by atomic mass is 10.1. The van der Waals surface area contributed by atoms with Crippen LogP contribution in [0.3, 0.4) is 0 Å². The predicted molar refractivity (Wildman–Crippen MR) is 68.9 cm³/mol. The van der Waals surface area contributed by atoms with Gasteiger partial charge in [-0.15, -0.1) is 10.2 Å². The molecule has 2 aromatic heterocycles. The lowest BCUT2D eigenvalue weighted by Gasteiger charge is -2.24. The molecule has 6 heteroatoms. The first-order chi connectivity index (χ1) is 9.31. The molecular formula is C13H16FN5. The van der Waals surface area contributed by atoms with E-state index in [1.807, 2.05) is 4.57 Å². The average Bonchev–Trinajstić information content (AvgIpc) is 2.85. The molecule has 0 spiro atoms. The molecule has 0 bridgehead atoms. The van der Waals surface area contributed by atoms with Crippen LogP contribution in [0.2, 0.25) is 0 Å². The highest BCUT2D eigenvalue weighted by Gasteiger charge is 2.25. The highest BCUT2D eigenvalue weighted by atomic mass is 19.1. The summed E-state index contributed by atoms with van der Waals surface area (Å²) in [4.78, 5) is 3.77. The van der Waals surface area contributed by atoms with Gasteiger partial charge in [-0.2, -0.15) is 0 Å². The Labute approximate surface area is 110 Å². The maximum absolute atomic E-state index is 13.8. The molecule has 1 atom stereocenters. The van der Waals surface area contributed by atoms with Gasteiger partial charge in [0.2, 0.25) is 0 Å². The maximum atomic E-state index is 13.8. The van der Waals surface area contributed by atoms with E-state index in [2.05, 4.69) is 27.4 Å². The minimum absolute atomic E-state index is 0.213. The van der Waals surface area contributed by atoms with E-state index in [-0.39, 0.29) is 11.9 Å². The summed E-state index contributed by atoms with van der Waals surface area (Å²) >= 11 is 0. The van der Waals surface area contributed by atoms with Crippen molar-refractivity contribution in [2.75, 3.05) is 6.54 Å². The van der Waals surface area contributed by atoms with Crippen LogP contribution in [-0.4, -0.2) is 26.3 Å². The van der Waals surface area contributed by atoms with Crippen molar-refractivity contribution in [2.45, 2.75) is 32.4 Å². The van der Waals surface area contributed by atoms with Crippen molar-refractivity contribution in [3.63, 3.8) is 0 Å². The summed E-state index contributed by atoms with van der Waals surface area (Å²) < 4.78 is 15.8. The molecule has 100 valence electrons. The standard InChI is InChI=1S/C13H16FN5/c1-2-3-11-13-18-17-12(19(13)7-6-16-11)9-4-5-15-8-10(9)14/h4-5,8,11,16H,2-3,6-7H2,1H3. The molecule has 2 aromatic rings. The average molecular weight is 261 g/mol. The third-order valence-electron chi connectivity index (χ3n) is 3.41. The van der Waals surface area contributed by atoms with E-state index in [9.17, 15) is 4.39 Å². The van der Waals surface area contributed by atoms with Crippen LogP contribution in [0.1, 0.15) is 31.6 Å². The third-order valence-corrected chi connectivity index (χ3v) is 3.41. The summed E-state index contributed by atoms with van der Waals surface area (Å²) in [6.45, 7) is 3.76. The molecule has 0 saturated heterocycles. The van der Waals surface area contributed by atoms with Gasteiger partial charge in [-0.05, 0) is 12.5 Å². The summed E-state index contributed by atoms with van der Waals surface area (Å²) in [5.41, 5.74) is 0.464. The fraction of sp³-hybridized carbons (Fsp3) is 0.462. The van der Waals surface area contributed by atoms with Crippen LogP contribution >= 0.6 is 0 Å². The predicted octanol–water partition coefficient (Wildman–Crippen LogP) is 1.92. The van der Waals surface area contributed by atoms with E-state index in [0.29, 0.717) is 11.4 Å². The van der Waals surface area contributed by atoms with Crippen LogP contribution in [0.5, 0.6) is 0 Å². The first kappa shape index (κ1) is 12.2. The van der Waals surface area contributed by atoms with E-state index in [1.165, 1.54) is 6.20 Å². The fourth-order valence-corrected chi connectivity index (χ4v) is 2.51. The van der Waals surface area contributed by atoms with Gasteiger partial charge in [0, 0.05) is 19.3 Å². The Morgan fingerprint density at radius 3 is 3.16 bits per heavy atom. The molecule has 19 heavy (non-hydrogen) atoms. The molecule has 3 heterocycles. The van der Waals surface area contributed by atoms with Crippen LogP contribution in [-0.2, 0) is 6.54 Å². The van der Waals surface area contributed by atoms with Gasteiger partial charge in [-0.3, -0.25) is 4.98 Å². The summed E-state index contributed by atoms with van der Waals surface area (Å²) in [5.74, 6) is 1.14. The molecule has 0 radical (unpaired) electrons. The number of hydrogen-bond acceptors (Lipinski definition) is 4.